The summed E-state index contributed by atoms with van der Waals surface area (Å²) in [6.07, 6.45) is 0.652. The van der Waals surface area contributed by atoms with Gasteiger partial charge in [0.25, 0.3) is 0 Å². The summed E-state index contributed by atoms with van der Waals surface area (Å²) in [5.41, 5.74) is 1.43. The fraction of sp³-hybridized carbons (Fsp3) is 0.278. The number of nitrogens with one attached hydrogen (secondary N) is 2. The quantitative estimate of drug-likeness (QED) is 0.906. The lowest BCUT2D eigenvalue weighted by atomic mass is 10.0. The molecule has 2 amide bonds. The molecular formula is C18H19FN2O3. The number of halogens is 1. The summed E-state index contributed by atoms with van der Waals surface area (Å²) in [7, 11) is 1.61. The van der Waals surface area contributed by atoms with Crippen LogP contribution in [0, 0.1) is 5.82 Å². The Kier molecular flexibility index (Phi) is 4.84. The molecular weight excluding hydrogens is 311 g/mol. The van der Waals surface area contributed by atoms with E-state index >= 15 is 0 Å². The van der Waals surface area contributed by atoms with Crippen LogP contribution in [-0.4, -0.2) is 25.8 Å². The number of methoxy groups -OCH3 is 1. The van der Waals surface area contributed by atoms with E-state index in [2.05, 4.69) is 10.6 Å². The van der Waals surface area contributed by atoms with Gasteiger partial charge in [-0.15, -0.1) is 0 Å². The zero-order valence-corrected chi connectivity index (χ0v) is 13.3. The van der Waals surface area contributed by atoms with E-state index in [1.54, 1.807) is 25.3 Å². The van der Waals surface area contributed by atoms with Crippen molar-refractivity contribution in [3.63, 3.8) is 0 Å². The van der Waals surface area contributed by atoms with E-state index in [0.717, 1.165) is 17.1 Å². The molecule has 6 heteroatoms. The third-order valence-corrected chi connectivity index (χ3v) is 3.91. The van der Waals surface area contributed by atoms with E-state index in [1.165, 1.54) is 6.07 Å². The predicted molar refractivity (Wildman–Crippen MR) is 87.8 cm³/mol. The number of rotatable bonds is 4. The molecule has 0 saturated heterocycles. The second-order valence-corrected chi connectivity index (χ2v) is 5.60. The summed E-state index contributed by atoms with van der Waals surface area (Å²) in [6.45, 7) is 0.531. The van der Waals surface area contributed by atoms with Crippen LogP contribution in [0.25, 0.3) is 0 Å². The molecule has 1 heterocycles. The highest BCUT2D eigenvalue weighted by Gasteiger charge is 2.22. The van der Waals surface area contributed by atoms with E-state index in [0.29, 0.717) is 18.6 Å². The van der Waals surface area contributed by atoms with Gasteiger partial charge in [-0.05, 0) is 36.2 Å². The van der Waals surface area contributed by atoms with Crippen molar-refractivity contribution in [3.05, 3.63) is 59.4 Å². The van der Waals surface area contributed by atoms with Gasteiger partial charge in [0.2, 0.25) is 0 Å². The van der Waals surface area contributed by atoms with Gasteiger partial charge in [0, 0.05) is 12.1 Å². The number of fused-ring (bicyclic) bond motifs is 1. The van der Waals surface area contributed by atoms with Gasteiger partial charge in [-0.3, -0.25) is 0 Å². The zero-order valence-electron chi connectivity index (χ0n) is 13.3. The van der Waals surface area contributed by atoms with Crippen molar-refractivity contribution in [2.75, 3.05) is 13.7 Å². The number of hydrogen-bond donors (Lipinski definition) is 2. The summed E-state index contributed by atoms with van der Waals surface area (Å²) in [5, 5.41) is 5.51. The Morgan fingerprint density at radius 2 is 2.17 bits per heavy atom. The third-order valence-electron chi connectivity index (χ3n) is 3.91. The molecule has 0 aliphatic carbocycles. The number of hydrogen-bond acceptors (Lipinski definition) is 3. The largest absolute Gasteiger partial charge is 0.497 e. The smallest absolute Gasteiger partial charge is 0.315 e. The van der Waals surface area contributed by atoms with Gasteiger partial charge in [0.15, 0.2) is 0 Å². The van der Waals surface area contributed by atoms with Crippen LogP contribution in [0.1, 0.15) is 11.1 Å². The Labute approximate surface area is 139 Å². The van der Waals surface area contributed by atoms with Crippen LogP contribution in [0.3, 0.4) is 0 Å². The second kappa shape index (κ2) is 7.21. The summed E-state index contributed by atoms with van der Waals surface area (Å²) in [4.78, 5) is 12.0. The number of urea groups is 1. The fourth-order valence-electron chi connectivity index (χ4n) is 2.64. The molecule has 0 unspecified atom stereocenters. The van der Waals surface area contributed by atoms with Crippen molar-refractivity contribution >= 4 is 6.03 Å². The molecule has 2 aromatic rings. The highest BCUT2D eigenvalue weighted by atomic mass is 19.1. The molecule has 2 N–H and O–H groups in total. The fourth-order valence-corrected chi connectivity index (χ4v) is 2.64. The number of amides is 2. The molecule has 0 bridgehead atoms. The van der Waals surface area contributed by atoms with E-state index in [-0.39, 0.29) is 24.4 Å². The number of ether oxygens (including phenoxy) is 2. The lowest BCUT2D eigenvalue weighted by molar-refractivity contribution is 0.214. The summed E-state index contributed by atoms with van der Waals surface area (Å²) < 4.78 is 24.4. The van der Waals surface area contributed by atoms with Gasteiger partial charge in [-0.25, -0.2) is 9.18 Å². The highest BCUT2D eigenvalue weighted by molar-refractivity contribution is 5.74. The molecule has 1 aliphatic rings. The van der Waals surface area contributed by atoms with Crippen molar-refractivity contribution in [3.8, 4) is 11.5 Å². The van der Waals surface area contributed by atoms with E-state index in [4.69, 9.17) is 9.47 Å². The molecule has 1 atom stereocenters. The van der Waals surface area contributed by atoms with Crippen LogP contribution in [0.5, 0.6) is 11.5 Å². The minimum atomic E-state index is -0.349. The molecule has 0 fully saturated rings. The van der Waals surface area contributed by atoms with Gasteiger partial charge in [0.1, 0.15) is 23.9 Å². The monoisotopic (exact) mass is 330 g/mol. The van der Waals surface area contributed by atoms with Crippen molar-refractivity contribution in [2.45, 2.75) is 19.0 Å². The minimum Gasteiger partial charge on any atom is -0.497 e. The van der Waals surface area contributed by atoms with E-state index < -0.39 is 0 Å². The molecule has 126 valence electrons. The molecule has 0 saturated carbocycles. The lowest BCUT2D eigenvalue weighted by Gasteiger charge is -2.26. The molecule has 0 spiro atoms. The SMILES string of the molecule is COc1ccc2c(c1)C[C@H](NC(=O)NCc1ccccc1F)CO2. The summed E-state index contributed by atoms with van der Waals surface area (Å²) in [6, 6.07) is 11.5. The maximum atomic E-state index is 13.5. The highest BCUT2D eigenvalue weighted by Crippen LogP contribution is 2.28. The van der Waals surface area contributed by atoms with Gasteiger partial charge in [0.05, 0.1) is 13.2 Å². The summed E-state index contributed by atoms with van der Waals surface area (Å²) >= 11 is 0. The maximum Gasteiger partial charge on any atom is 0.315 e. The Balaban J connectivity index is 1.54. The minimum absolute atomic E-state index is 0.135. The number of carbonyl (C=O) groups is 1. The first-order valence-electron chi connectivity index (χ1n) is 7.73. The van der Waals surface area contributed by atoms with Crippen LogP contribution >= 0.6 is 0 Å². The van der Waals surface area contributed by atoms with Crippen LogP contribution < -0.4 is 20.1 Å². The average Bonchev–Trinajstić information content (AvgIpc) is 2.60. The van der Waals surface area contributed by atoms with Crippen molar-refractivity contribution in [1.29, 1.82) is 0 Å². The molecule has 24 heavy (non-hydrogen) atoms. The van der Waals surface area contributed by atoms with Crippen LogP contribution in [-0.2, 0) is 13.0 Å². The first kappa shape index (κ1) is 16.1. The van der Waals surface area contributed by atoms with Gasteiger partial charge in [-0.1, -0.05) is 18.2 Å². The Bertz CT molecular complexity index is 736. The number of carbonyl (C=O) groups excluding carboxylic acids is 1. The first-order valence-corrected chi connectivity index (χ1v) is 7.73. The van der Waals surface area contributed by atoms with Gasteiger partial charge in [-0.2, -0.15) is 0 Å². The second-order valence-electron chi connectivity index (χ2n) is 5.60. The Morgan fingerprint density at radius 1 is 1.33 bits per heavy atom. The zero-order chi connectivity index (χ0) is 16.9. The van der Waals surface area contributed by atoms with Crippen molar-refractivity contribution in [1.82, 2.24) is 10.6 Å². The van der Waals surface area contributed by atoms with Crippen LogP contribution in [0.4, 0.5) is 9.18 Å². The topological polar surface area (TPSA) is 59.6 Å². The maximum absolute atomic E-state index is 13.5. The van der Waals surface area contributed by atoms with Crippen LogP contribution in [0.2, 0.25) is 0 Å². The van der Waals surface area contributed by atoms with E-state index in [9.17, 15) is 9.18 Å². The average molecular weight is 330 g/mol. The molecule has 0 radical (unpaired) electrons. The molecule has 0 aromatic heterocycles. The first-order chi connectivity index (χ1) is 11.7. The molecule has 5 nitrogen and oxygen atoms in total. The van der Waals surface area contributed by atoms with Gasteiger partial charge >= 0.3 is 6.03 Å². The Hall–Kier alpha value is -2.76. The van der Waals surface area contributed by atoms with Crippen molar-refractivity contribution in [2.24, 2.45) is 0 Å². The standard InChI is InChI=1S/C18H19FN2O3/c1-23-15-6-7-17-13(9-15)8-14(11-24-17)21-18(22)20-10-12-4-2-3-5-16(12)19/h2-7,9,14H,8,10-11H2,1H3,(H2,20,21,22)/t14-/m0/s1. The number of benzene rings is 2. The third kappa shape index (κ3) is 3.76. The molecule has 1 aliphatic heterocycles. The van der Waals surface area contributed by atoms with Gasteiger partial charge < -0.3 is 20.1 Å². The predicted octanol–water partition coefficient (Wildman–Crippen LogP) is 2.64. The molecule has 2 aromatic carbocycles. The van der Waals surface area contributed by atoms with Crippen molar-refractivity contribution < 1.29 is 18.7 Å². The van der Waals surface area contributed by atoms with Crippen LogP contribution in [0.15, 0.2) is 42.5 Å². The lowest BCUT2D eigenvalue weighted by Crippen LogP contribution is -2.47. The summed E-state index contributed by atoms with van der Waals surface area (Å²) in [5.74, 6) is 1.22. The Morgan fingerprint density at radius 3 is 2.96 bits per heavy atom. The normalized spacial score (nSPS) is 15.8. The molecule has 3 rings (SSSR count). The van der Waals surface area contributed by atoms with E-state index in [1.807, 2.05) is 18.2 Å².